The van der Waals surface area contributed by atoms with Gasteiger partial charge in [-0.15, -0.1) is 13.2 Å². The van der Waals surface area contributed by atoms with Crippen molar-refractivity contribution < 1.29 is 36.6 Å². The summed E-state index contributed by atoms with van der Waals surface area (Å²) in [6.07, 6.45) is -9.56. The molecule has 1 aromatic heterocycles. The summed E-state index contributed by atoms with van der Waals surface area (Å²) in [4.78, 5) is 23.3. The summed E-state index contributed by atoms with van der Waals surface area (Å²) in [7, 11) is 0. The topological polar surface area (TPSA) is 79.4 Å². The van der Waals surface area contributed by atoms with E-state index in [1.165, 1.54) is 0 Å². The van der Waals surface area contributed by atoms with E-state index >= 15 is 0 Å². The highest BCUT2D eigenvalue weighted by Gasteiger charge is 2.32. The van der Waals surface area contributed by atoms with Crippen LogP contribution in [0.2, 0.25) is 0 Å². The van der Waals surface area contributed by atoms with E-state index in [0.29, 0.717) is 0 Å². The summed E-state index contributed by atoms with van der Waals surface area (Å²) in [5, 5.41) is 8.44. The number of rotatable bonds is 4. The van der Waals surface area contributed by atoms with Crippen LogP contribution in [0.25, 0.3) is 0 Å². The van der Waals surface area contributed by atoms with Crippen LogP contribution in [0.4, 0.5) is 22.0 Å². The minimum atomic E-state index is -5.17. The number of pyridine rings is 1. The Labute approximate surface area is 101 Å². The van der Waals surface area contributed by atoms with Crippen molar-refractivity contribution in [3.8, 4) is 5.88 Å². The second-order valence-electron chi connectivity index (χ2n) is 3.31. The van der Waals surface area contributed by atoms with Gasteiger partial charge < -0.3 is 14.8 Å². The highest BCUT2D eigenvalue weighted by atomic mass is 19.4. The highest BCUT2D eigenvalue weighted by Crippen LogP contribution is 2.25. The fourth-order valence-corrected chi connectivity index (χ4v) is 1.28. The van der Waals surface area contributed by atoms with Crippen LogP contribution >= 0.6 is 0 Å². The number of aromatic nitrogens is 1. The number of ether oxygens (including phenoxy) is 1. The number of H-pyrrole nitrogens is 1. The lowest BCUT2D eigenvalue weighted by molar-refractivity contribution is -0.276. The van der Waals surface area contributed by atoms with E-state index in [2.05, 4.69) is 4.74 Å². The largest absolute Gasteiger partial charge is 0.574 e. The Hall–Kier alpha value is -2.13. The van der Waals surface area contributed by atoms with Crippen LogP contribution in [-0.2, 0) is 11.2 Å². The molecule has 0 aliphatic carbocycles. The van der Waals surface area contributed by atoms with Gasteiger partial charge in [-0.2, -0.15) is 0 Å². The molecule has 2 N–H and O–H groups in total. The SMILES string of the molecule is O=C(O)Cc1c(C(F)F)[nH]c(OC(F)(F)F)cc1=O. The molecule has 0 fully saturated rings. The fourth-order valence-electron chi connectivity index (χ4n) is 1.28. The zero-order valence-electron chi connectivity index (χ0n) is 8.92. The van der Waals surface area contributed by atoms with Gasteiger partial charge in [-0.05, 0) is 0 Å². The zero-order valence-corrected chi connectivity index (χ0v) is 8.92. The highest BCUT2D eigenvalue weighted by molar-refractivity contribution is 5.70. The van der Waals surface area contributed by atoms with Crippen LogP contribution in [0.3, 0.4) is 0 Å². The lowest BCUT2D eigenvalue weighted by atomic mass is 10.1. The summed E-state index contributed by atoms with van der Waals surface area (Å²) >= 11 is 0. The van der Waals surface area contributed by atoms with E-state index in [-0.39, 0.29) is 6.07 Å². The van der Waals surface area contributed by atoms with Gasteiger partial charge in [-0.1, -0.05) is 0 Å². The molecule has 0 saturated heterocycles. The molecule has 0 spiro atoms. The minimum Gasteiger partial charge on any atom is -0.481 e. The van der Waals surface area contributed by atoms with Crippen LogP contribution in [0, 0.1) is 0 Å². The van der Waals surface area contributed by atoms with Crippen molar-refractivity contribution >= 4 is 5.97 Å². The average molecular weight is 287 g/mol. The molecule has 1 heterocycles. The van der Waals surface area contributed by atoms with Crippen molar-refractivity contribution in [2.75, 3.05) is 0 Å². The van der Waals surface area contributed by atoms with Gasteiger partial charge in [0, 0.05) is 11.6 Å². The third-order valence-electron chi connectivity index (χ3n) is 1.91. The second kappa shape index (κ2) is 5.24. The second-order valence-corrected chi connectivity index (χ2v) is 3.31. The Morgan fingerprint density at radius 3 is 2.42 bits per heavy atom. The predicted octanol–water partition coefficient (Wildman–Crippen LogP) is 1.84. The third kappa shape index (κ3) is 4.23. The number of halogens is 5. The first kappa shape index (κ1) is 14.9. The summed E-state index contributed by atoms with van der Waals surface area (Å²) in [6.45, 7) is 0. The van der Waals surface area contributed by atoms with E-state index < -0.39 is 47.7 Å². The molecule has 106 valence electrons. The first-order chi connectivity index (χ1) is 8.60. The zero-order chi connectivity index (χ0) is 14.8. The predicted molar refractivity (Wildman–Crippen MR) is 50.0 cm³/mol. The first-order valence-electron chi connectivity index (χ1n) is 4.62. The molecule has 0 unspecified atom stereocenters. The van der Waals surface area contributed by atoms with Crippen LogP contribution in [0.1, 0.15) is 17.7 Å². The Bertz CT molecular complexity index is 536. The van der Waals surface area contributed by atoms with Gasteiger partial charge in [0.1, 0.15) is 0 Å². The number of carboxylic acid groups (broad SMARTS) is 1. The molecule has 0 atom stereocenters. The maximum absolute atomic E-state index is 12.6. The number of hydrogen-bond acceptors (Lipinski definition) is 3. The first-order valence-corrected chi connectivity index (χ1v) is 4.62. The van der Waals surface area contributed by atoms with Crippen molar-refractivity contribution in [3.05, 3.63) is 27.5 Å². The lowest BCUT2D eigenvalue weighted by Gasteiger charge is -2.12. The van der Waals surface area contributed by atoms with E-state index in [1.54, 1.807) is 4.98 Å². The minimum absolute atomic E-state index is 0.262. The van der Waals surface area contributed by atoms with Gasteiger partial charge in [-0.3, -0.25) is 9.59 Å². The normalized spacial score (nSPS) is 11.7. The van der Waals surface area contributed by atoms with Crippen molar-refractivity contribution in [2.45, 2.75) is 19.2 Å². The molecule has 0 saturated carbocycles. The summed E-state index contributed by atoms with van der Waals surface area (Å²) in [5.74, 6) is -2.81. The van der Waals surface area contributed by atoms with Gasteiger partial charge in [0.2, 0.25) is 5.88 Å². The van der Waals surface area contributed by atoms with E-state index in [0.717, 1.165) is 0 Å². The number of hydrogen-bond donors (Lipinski definition) is 2. The molecule has 19 heavy (non-hydrogen) atoms. The smallest absolute Gasteiger partial charge is 0.481 e. The number of nitrogens with one attached hydrogen (secondary N) is 1. The average Bonchev–Trinajstić information content (AvgIpc) is 2.18. The quantitative estimate of drug-likeness (QED) is 0.828. The monoisotopic (exact) mass is 287 g/mol. The van der Waals surface area contributed by atoms with Gasteiger partial charge >= 0.3 is 12.3 Å². The maximum atomic E-state index is 12.6. The Balaban J connectivity index is 3.29. The van der Waals surface area contributed by atoms with Crippen molar-refractivity contribution in [2.24, 2.45) is 0 Å². The standard InChI is InChI=1S/C9H6F5NO4/c10-8(11)7-3(1-6(17)18)4(16)2-5(15-7)19-9(12,13)14/h2,8H,1H2,(H,15,16)(H,17,18). The van der Waals surface area contributed by atoms with Crippen LogP contribution in [-0.4, -0.2) is 22.4 Å². The number of aromatic amines is 1. The Morgan fingerprint density at radius 2 is 2.00 bits per heavy atom. The van der Waals surface area contributed by atoms with Crippen molar-refractivity contribution in [3.63, 3.8) is 0 Å². The van der Waals surface area contributed by atoms with E-state index in [1.807, 2.05) is 0 Å². The van der Waals surface area contributed by atoms with Gasteiger partial charge in [0.05, 0.1) is 12.1 Å². The molecule has 0 aliphatic rings. The molecular weight excluding hydrogens is 281 g/mol. The lowest BCUT2D eigenvalue weighted by Crippen LogP contribution is -2.23. The van der Waals surface area contributed by atoms with Crippen LogP contribution in [0.15, 0.2) is 10.9 Å². The van der Waals surface area contributed by atoms with Crippen LogP contribution in [0.5, 0.6) is 5.88 Å². The van der Waals surface area contributed by atoms with Crippen molar-refractivity contribution in [1.29, 1.82) is 0 Å². The number of carboxylic acids is 1. The van der Waals surface area contributed by atoms with Gasteiger partial charge in [-0.25, -0.2) is 8.78 Å². The summed E-state index contributed by atoms with van der Waals surface area (Å²) in [5.41, 5.74) is -3.32. The molecule has 0 radical (unpaired) electrons. The number of aliphatic carboxylic acids is 1. The number of carbonyl (C=O) groups is 1. The van der Waals surface area contributed by atoms with Crippen molar-refractivity contribution in [1.82, 2.24) is 4.98 Å². The molecule has 0 aliphatic heterocycles. The van der Waals surface area contributed by atoms with Gasteiger partial charge in [0.25, 0.3) is 6.43 Å². The van der Waals surface area contributed by atoms with Crippen LogP contribution < -0.4 is 10.2 Å². The summed E-state index contributed by atoms with van der Waals surface area (Å²) < 4.78 is 64.1. The molecule has 0 bridgehead atoms. The fraction of sp³-hybridized carbons (Fsp3) is 0.333. The van der Waals surface area contributed by atoms with E-state index in [4.69, 9.17) is 5.11 Å². The molecule has 10 heteroatoms. The Kier molecular flexibility index (Phi) is 4.12. The molecule has 1 rings (SSSR count). The van der Waals surface area contributed by atoms with E-state index in [9.17, 15) is 31.5 Å². The summed E-state index contributed by atoms with van der Waals surface area (Å²) in [6, 6.07) is 0.262. The molecule has 1 aromatic rings. The number of alkyl halides is 5. The van der Waals surface area contributed by atoms with Gasteiger partial charge in [0.15, 0.2) is 5.43 Å². The third-order valence-corrected chi connectivity index (χ3v) is 1.91. The molecule has 0 amide bonds. The molecular formula is C9H6F5NO4. The Morgan fingerprint density at radius 1 is 1.42 bits per heavy atom. The maximum Gasteiger partial charge on any atom is 0.574 e. The molecule has 0 aromatic carbocycles. The molecule has 5 nitrogen and oxygen atoms in total.